The highest BCUT2D eigenvalue weighted by atomic mass is 16.1. The van der Waals surface area contributed by atoms with E-state index >= 15 is 0 Å². The highest BCUT2D eigenvalue weighted by Crippen LogP contribution is 2.14. The topological polar surface area (TPSA) is 139 Å². The Hall–Kier alpha value is -5.01. The summed E-state index contributed by atoms with van der Waals surface area (Å²) in [6, 6.07) is 15.6. The van der Waals surface area contributed by atoms with Gasteiger partial charge >= 0.3 is 5.69 Å². The molecule has 0 unspecified atom stereocenters. The molecular formula is C27H28N8O2. The predicted molar refractivity (Wildman–Crippen MR) is 144 cm³/mol. The molecular weight excluding hydrogens is 468 g/mol. The van der Waals surface area contributed by atoms with Crippen molar-refractivity contribution in [3.63, 3.8) is 0 Å². The molecule has 4 N–H and O–H groups in total. The average Bonchev–Trinajstić information content (AvgIpc) is 3.55. The van der Waals surface area contributed by atoms with Crippen LogP contribution in [-0.4, -0.2) is 42.1 Å². The van der Waals surface area contributed by atoms with E-state index in [9.17, 15) is 9.59 Å². The third-order valence-electron chi connectivity index (χ3n) is 5.18. The minimum atomic E-state index is -0.106. The lowest BCUT2D eigenvalue weighted by atomic mass is 10.2. The number of nitrogen functional groups attached to an aromatic ring is 1. The molecule has 37 heavy (non-hydrogen) atoms. The summed E-state index contributed by atoms with van der Waals surface area (Å²) < 4.78 is 5.12. The predicted octanol–water partition coefficient (Wildman–Crippen LogP) is 2.23. The lowest BCUT2D eigenvalue weighted by Gasteiger charge is -2.13. The minimum Gasteiger partial charge on any atom is -0.382 e. The molecule has 0 atom stereocenters. The maximum Gasteiger partial charge on any atom is 0.338 e. The van der Waals surface area contributed by atoms with E-state index < -0.39 is 0 Å². The summed E-state index contributed by atoms with van der Waals surface area (Å²) in [6.07, 6.45) is 7.74. The van der Waals surface area contributed by atoms with Gasteiger partial charge in [-0.3, -0.25) is 18.4 Å². The Morgan fingerprint density at radius 1 is 1.03 bits per heavy atom. The van der Waals surface area contributed by atoms with Crippen molar-refractivity contribution < 1.29 is 4.79 Å². The zero-order valence-corrected chi connectivity index (χ0v) is 20.9. The fourth-order valence-corrected chi connectivity index (χ4v) is 3.52. The molecule has 5 aromatic rings. The summed E-state index contributed by atoms with van der Waals surface area (Å²) in [5.41, 5.74) is 14.0. The first-order valence-corrected chi connectivity index (χ1v) is 11.4. The molecule has 188 valence electrons. The van der Waals surface area contributed by atoms with Gasteiger partial charge in [-0.2, -0.15) is 5.10 Å². The van der Waals surface area contributed by atoms with E-state index in [4.69, 9.17) is 5.73 Å². The lowest BCUT2D eigenvalue weighted by Crippen LogP contribution is -2.28. The summed E-state index contributed by atoms with van der Waals surface area (Å²) in [7, 11) is 3.35. The third kappa shape index (κ3) is 6.17. The molecule has 4 aromatic heterocycles. The second kappa shape index (κ2) is 12.6. The minimum absolute atomic E-state index is 0.106. The SMILES string of the molecule is CCc1cc2ccc(C#Cc3cnn(C)c3)n2c(=O)n1-c1ccccc1.CN.Nc1nccnc1C=O. The van der Waals surface area contributed by atoms with Crippen molar-refractivity contribution in [1.82, 2.24) is 28.7 Å². The van der Waals surface area contributed by atoms with Crippen LogP contribution in [0.25, 0.3) is 11.2 Å². The zero-order chi connectivity index (χ0) is 26.8. The third-order valence-corrected chi connectivity index (χ3v) is 5.18. The van der Waals surface area contributed by atoms with E-state index in [0.29, 0.717) is 12.0 Å². The molecule has 4 heterocycles. The number of hydrogen-bond donors (Lipinski definition) is 2. The summed E-state index contributed by atoms with van der Waals surface area (Å²) in [5, 5.41) is 4.11. The van der Waals surface area contributed by atoms with E-state index in [-0.39, 0.29) is 17.2 Å². The molecule has 0 aliphatic heterocycles. The maximum atomic E-state index is 13.2. The highest BCUT2D eigenvalue weighted by Gasteiger charge is 2.12. The molecule has 0 aliphatic carbocycles. The number of carbonyl (C=O) groups excluding carboxylic acids is 1. The van der Waals surface area contributed by atoms with Crippen LogP contribution in [0.5, 0.6) is 0 Å². The van der Waals surface area contributed by atoms with Gasteiger partial charge in [-0.25, -0.2) is 14.8 Å². The van der Waals surface area contributed by atoms with Gasteiger partial charge in [0.25, 0.3) is 0 Å². The molecule has 0 spiro atoms. The normalized spacial score (nSPS) is 9.84. The van der Waals surface area contributed by atoms with Crippen LogP contribution in [0.2, 0.25) is 0 Å². The Balaban J connectivity index is 0.000000291. The molecule has 10 heteroatoms. The first-order chi connectivity index (χ1) is 18.0. The van der Waals surface area contributed by atoms with E-state index in [1.54, 1.807) is 19.8 Å². The van der Waals surface area contributed by atoms with Crippen molar-refractivity contribution in [1.29, 1.82) is 0 Å². The quantitative estimate of drug-likeness (QED) is 0.288. The number of fused-ring (bicyclic) bond motifs is 1. The Labute approximate surface area is 214 Å². The Morgan fingerprint density at radius 2 is 1.76 bits per heavy atom. The van der Waals surface area contributed by atoms with E-state index in [0.717, 1.165) is 28.9 Å². The van der Waals surface area contributed by atoms with Crippen LogP contribution >= 0.6 is 0 Å². The number of aryl methyl sites for hydroxylation is 2. The Bertz CT molecular complexity index is 1600. The van der Waals surface area contributed by atoms with Crippen molar-refractivity contribution in [3.05, 3.63) is 106 Å². The number of rotatable bonds is 3. The van der Waals surface area contributed by atoms with Crippen LogP contribution in [0.4, 0.5) is 5.82 Å². The molecule has 10 nitrogen and oxygen atoms in total. The van der Waals surface area contributed by atoms with Crippen LogP contribution in [-0.2, 0) is 13.5 Å². The van der Waals surface area contributed by atoms with Gasteiger partial charge in [0.1, 0.15) is 11.4 Å². The van der Waals surface area contributed by atoms with Gasteiger partial charge in [0.15, 0.2) is 12.1 Å². The average molecular weight is 497 g/mol. The van der Waals surface area contributed by atoms with Gasteiger partial charge in [-0.05, 0) is 49.7 Å². The van der Waals surface area contributed by atoms with Gasteiger partial charge in [0, 0.05) is 31.3 Å². The molecule has 5 rings (SSSR count). The summed E-state index contributed by atoms with van der Waals surface area (Å²) in [6.45, 7) is 2.05. The Morgan fingerprint density at radius 3 is 2.35 bits per heavy atom. The highest BCUT2D eigenvalue weighted by molar-refractivity contribution is 5.78. The second-order valence-electron chi connectivity index (χ2n) is 7.52. The van der Waals surface area contributed by atoms with Gasteiger partial charge < -0.3 is 11.5 Å². The largest absolute Gasteiger partial charge is 0.382 e. The number of aromatic nitrogens is 6. The number of benzene rings is 1. The lowest BCUT2D eigenvalue weighted by molar-refractivity contribution is 0.111. The maximum absolute atomic E-state index is 13.2. The number of anilines is 1. The van der Waals surface area contributed by atoms with Crippen molar-refractivity contribution >= 4 is 17.6 Å². The number of para-hydroxylation sites is 1. The summed E-state index contributed by atoms with van der Waals surface area (Å²) in [4.78, 5) is 30.6. The van der Waals surface area contributed by atoms with E-state index in [1.165, 1.54) is 19.4 Å². The monoisotopic (exact) mass is 496 g/mol. The smallest absolute Gasteiger partial charge is 0.338 e. The first-order valence-electron chi connectivity index (χ1n) is 11.4. The number of aldehydes is 1. The summed E-state index contributed by atoms with van der Waals surface area (Å²) >= 11 is 0. The van der Waals surface area contributed by atoms with E-state index in [2.05, 4.69) is 39.6 Å². The molecule has 0 radical (unpaired) electrons. The molecule has 0 bridgehead atoms. The second-order valence-corrected chi connectivity index (χ2v) is 7.52. The molecule has 1 aromatic carbocycles. The first kappa shape index (κ1) is 26.6. The molecule has 0 amide bonds. The van der Waals surface area contributed by atoms with Crippen molar-refractivity contribution in [3.8, 4) is 17.5 Å². The van der Waals surface area contributed by atoms with Gasteiger partial charge in [0.2, 0.25) is 0 Å². The fourth-order valence-electron chi connectivity index (χ4n) is 3.52. The molecule has 0 saturated carbocycles. The van der Waals surface area contributed by atoms with E-state index in [1.807, 2.05) is 61.8 Å². The zero-order valence-electron chi connectivity index (χ0n) is 20.9. The Kier molecular flexibility index (Phi) is 9.07. The molecule has 0 aliphatic rings. The van der Waals surface area contributed by atoms with Crippen LogP contribution in [0.3, 0.4) is 0 Å². The van der Waals surface area contributed by atoms with Crippen LogP contribution in [0, 0.1) is 11.8 Å². The summed E-state index contributed by atoms with van der Waals surface area (Å²) in [5.74, 6) is 6.35. The standard InChI is InChI=1S/C21H18N4O.C5H5N3O.CH5N/c1-3-17-13-20-12-11-19(10-9-16-14-22-23(2)15-16)25(20)21(26)24(17)18-7-5-4-6-8-18;6-5-4(3-9)7-1-2-8-5;1-2/h4-8,11-15H,3H2,1-2H3;1-3H,(H2,6,8);2H2,1H3. The van der Waals surface area contributed by atoms with Crippen LogP contribution < -0.4 is 17.2 Å². The van der Waals surface area contributed by atoms with Crippen LogP contribution in [0.15, 0.2) is 78.1 Å². The van der Waals surface area contributed by atoms with Gasteiger partial charge in [-0.15, -0.1) is 0 Å². The number of carbonyl (C=O) groups is 1. The number of nitrogens with zero attached hydrogens (tertiary/aromatic N) is 6. The van der Waals surface area contributed by atoms with Gasteiger partial charge in [0.05, 0.1) is 23.0 Å². The number of hydrogen-bond acceptors (Lipinski definition) is 7. The number of nitrogens with two attached hydrogens (primary N) is 2. The van der Waals surface area contributed by atoms with Crippen molar-refractivity contribution in [2.75, 3.05) is 12.8 Å². The van der Waals surface area contributed by atoms with Crippen molar-refractivity contribution in [2.45, 2.75) is 13.3 Å². The molecule has 0 saturated heterocycles. The fraction of sp³-hybridized carbons (Fsp3) is 0.148. The van der Waals surface area contributed by atoms with Crippen molar-refractivity contribution in [2.24, 2.45) is 12.8 Å². The van der Waals surface area contributed by atoms with Gasteiger partial charge in [-0.1, -0.05) is 31.0 Å². The molecule has 0 fully saturated rings. The van der Waals surface area contributed by atoms with Crippen LogP contribution in [0.1, 0.15) is 34.4 Å².